The van der Waals surface area contributed by atoms with Crippen LogP contribution in [-0.2, 0) is 6.42 Å². The number of nitrogens with one attached hydrogen (secondary N) is 2. The first-order chi connectivity index (χ1) is 13.5. The van der Waals surface area contributed by atoms with Gasteiger partial charge in [-0.2, -0.15) is 0 Å². The molecule has 0 aliphatic carbocycles. The molecule has 3 aromatic rings. The van der Waals surface area contributed by atoms with Crippen LogP contribution in [0.5, 0.6) is 5.75 Å². The second kappa shape index (κ2) is 9.04. The Bertz CT molecular complexity index is 952. The summed E-state index contributed by atoms with van der Waals surface area (Å²) in [4.78, 5) is 16.7. The Morgan fingerprint density at radius 3 is 2.46 bits per heavy atom. The fourth-order valence-corrected chi connectivity index (χ4v) is 2.83. The number of methoxy groups -OCH3 is 1. The van der Waals surface area contributed by atoms with E-state index in [1.54, 1.807) is 19.5 Å². The third-order valence-corrected chi connectivity index (χ3v) is 4.67. The molecule has 3 rings (SSSR count). The molecule has 1 amide bonds. The van der Waals surface area contributed by atoms with Gasteiger partial charge in [0, 0.05) is 24.6 Å². The third kappa shape index (κ3) is 5.10. The number of rotatable bonds is 7. The van der Waals surface area contributed by atoms with Crippen molar-refractivity contribution >= 4 is 17.3 Å². The number of amides is 1. The Labute approximate surface area is 165 Å². The standard InChI is InChI=1S/C23H25N3O2/c1-16-4-7-20(12-17(16)2)26-23(27)19-13-21(15-24-14-19)25-11-10-18-5-8-22(28-3)9-6-18/h4-9,12-15,25H,10-11H2,1-3H3,(H,26,27). The summed E-state index contributed by atoms with van der Waals surface area (Å²) >= 11 is 0. The molecule has 1 aromatic heterocycles. The first kappa shape index (κ1) is 19.4. The predicted octanol–water partition coefficient (Wildman–Crippen LogP) is 4.61. The van der Waals surface area contributed by atoms with Crippen molar-refractivity contribution in [1.29, 1.82) is 0 Å². The van der Waals surface area contributed by atoms with Crippen LogP contribution in [0.3, 0.4) is 0 Å². The second-order valence-electron chi connectivity index (χ2n) is 6.74. The maximum Gasteiger partial charge on any atom is 0.257 e. The summed E-state index contributed by atoms with van der Waals surface area (Å²) in [5.74, 6) is 0.679. The summed E-state index contributed by atoms with van der Waals surface area (Å²) < 4.78 is 5.17. The largest absolute Gasteiger partial charge is 0.497 e. The summed E-state index contributed by atoms with van der Waals surface area (Å²) in [7, 11) is 1.66. The monoisotopic (exact) mass is 375 g/mol. The highest BCUT2D eigenvalue weighted by Gasteiger charge is 2.08. The van der Waals surface area contributed by atoms with Gasteiger partial charge in [0.2, 0.25) is 0 Å². The number of hydrogen-bond donors (Lipinski definition) is 2. The van der Waals surface area contributed by atoms with Crippen molar-refractivity contribution in [2.45, 2.75) is 20.3 Å². The van der Waals surface area contributed by atoms with Crippen LogP contribution in [0, 0.1) is 13.8 Å². The highest BCUT2D eigenvalue weighted by atomic mass is 16.5. The summed E-state index contributed by atoms with van der Waals surface area (Å²) in [5.41, 5.74) is 5.68. The first-order valence-electron chi connectivity index (χ1n) is 9.25. The molecule has 2 N–H and O–H groups in total. The molecule has 0 bridgehead atoms. The van der Waals surface area contributed by atoms with Crippen molar-refractivity contribution in [3.63, 3.8) is 0 Å². The number of carbonyl (C=O) groups excluding carboxylic acids is 1. The highest BCUT2D eigenvalue weighted by molar-refractivity contribution is 6.04. The van der Waals surface area contributed by atoms with Crippen molar-refractivity contribution in [1.82, 2.24) is 4.98 Å². The number of nitrogens with zero attached hydrogens (tertiary/aromatic N) is 1. The van der Waals surface area contributed by atoms with Crippen LogP contribution in [-0.4, -0.2) is 24.5 Å². The molecule has 0 aliphatic rings. The Balaban J connectivity index is 1.58. The Kier molecular flexibility index (Phi) is 6.27. The SMILES string of the molecule is COc1ccc(CCNc2cncc(C(=O)Nc3ccc(C)c(C)c3)c2)cc1. The fourth-order valence-electron chi connectivity index (χ4n) is 2.83. The maximum absolute atomic E-state index is 12.5. The van der Waals surface area contributed by atoms with Crippen LogP contribution in [0.25, 0.3) is 0 Å². The highest BCUT2D eigenvalue weighted by Crippen LogP contribution is 2.16. The quantitative estimate of drug-likeness (QED) is 0.633. The third-order valence-electron chi connectivity index (χ3n) is 4.67. The van der Waals surface area contributed by atoms with E-state index in [0.717, 1.165) is 35.7 Å². The molecule has 0 fully saturated rings. The predicted molar refractivity (Wildman–Crippen MR) is 113 cm³/mol. The number of aryl methyl sites for hydroxylation is 2. The zero-order valence-corrected chi connectivity index (χ0v) is 16.5. The molecule has 0 spiro atoms. The number of hydrogen-bond acceptors (Lipinski definition) is 4. The van der Waals surface area contributed by atoms with Crippen LogP contribution >= 0.6 is 0 Å². The lowest BCUT2D eigenvalue weighted by molar-refractivity contribution is 0.102. The molecule has 0 saturated heterocycles. The van der Waals surface area contributed by atoms with E-state index in [2.05, 4.69) is 15.6 Å². The van der Waals surface area contributed by atoms with Gasteiger partial charge in [-0.25, -0.2) is 0 Å². The van der Waals surface area contributed by atoms with Gasteiger partial charge in [-0.1, -0.05) is 18.2 Å². The lowest BCUT2D eigenvalue weighted by Crippen LogP contribution is -2.13. The molecular weight excluding hydrogens is 350 g/mol. The Morgan fingerprint density at radius 1 is 0.964 bits per heavy atom. The zero-order chi connectivity index (χ0) is 19.9. The van der Waals surface area contributed by atoms with Crippen molar-refractivity contribution in [2.24, 2.45) is 0 Å². The molecule has 0 unspecified atom stereocenters. The van der Waals surface area contributed by atoms with E-state index in [9.17, 15) is 4.79 Å². The molecule has 0 atom stereocenters. The smallest absolute Gasteiger partial charge is 0.257 e. The van der Waals surface area contributed by atoms with Gasteiger partial charge in [-0.3, -0.25) is 9.78 Å². The normalized spacial score (nSPS) is 10.4. The summed E-state index contributed by atoms with van der Waals surface area (Å²) in [5, 5.41) is 6.25. The molecule has 28 heavy (non-hydrogen) atoms. The number of ether oxygens (including phenoxy) is 1. The van der Waals surface area contributed by atoms with Gasteiger partial charge in [0.15, 0.2) is 0 Å². The number of benzene rings is 2. The molecule has 1 heterocycles. The maximum atomic E-state index is 12.5. The van der Waals surface area contributed by atoms with Gasteiger partial charge in [-0.05, 0) is 67.3 Å². The van der Waals surface area contributed by atoms with Gasteiger partial charge in [0.25, 0.3) is 5.91 Å². The number of pyridine rings is 1. The lowest BCUT2D eigenvalue weighted by Gasteiger charge is -2.10. The summed E-state index contributed by atoms with van der Waals surface area (Å²) in [6.45, 7) is 4.82. The van der Waals surface area contributed by atoms with Crippen molar-refractivity contribution in [2.75, 3.05) is 24.3 Å². The van der Waals surface area contributed by atoms with Crippen molar-refractivity contribution < 1.29 is 9.53 Å². The van der Waals surface area contributed by atoms with Crippen LogP contribution < -0.4 is 15.4 Å². The van der Waals surface area contributed by atoms with E-state index < -0.39 is 0 Å². The minimum atomic E-state index is -0.172. The number of anilines is 2. The average molecular weight is 375 g/mol. The molecule has 5 heteroatoms. The van der Waals surface area contributed by atoms with Gasteiger partial charge < -0.3 is 15.4 Å². The molecule has 2 aromatic carbocycles. The first-order valence-corrected chi connectivity index (χ1v) is 9.25. The number of carbonyl (C=O) groups is 1. The Hall–Kier alpha value is -3.34. The zero-order valence-electron chi connectivity index (χ0n) is 16.5. The Morgan fingerprint density at radius 2 is 1.75 bits per heavy atom. The van der Waals surface area contributed by atoms with E-state index in [4.69, 9.17) is 4.74 Å². The second-order valence-corrected chi connectivity index (χ2v) is 6.74. The minimum Gasteiger partial charge on any atom is -0.497 e. The van der Waals surface area contributed by atoms with Crippen molar-refractivity contribution in [3.8, 4) is 5.75 Å². The fraction of sp³-hybridized carbons (Fsp3) is 0.217. The van der Waals surface area contributed by atoms with E-state index in [-0.39, 0.29) is 5.91 Å². The van der Waals surface area contributed by atoms with Gasteiger partial charge in [0.1, 0.15) is 5.75 Å². The van der Waals surface area contributed by atoms with E-state index in [1.807, 2.05) is 62.4 Å². The van der Waals surface area contributed by atoms with Crippen molar-refractivity contribution in [3.05, 3.63) is 83.2 Å². The molecule has 0 radical (unpaired) electrons. The van der Waals surface area contributed by atoms with Crippen LogP contribution in [0.1, 0.15) is 27.0 Å². The molecule has 5 nitrogen and oxygen atoms in total. The molecular formula is C23H25N3O2. The van der Waals surface area contributed by atoms with E-state index in [0.29, 0.717) is 5.56 Å². The van der Waals surface area contributed by atoms with Crippen LogP contribution in [0.4, 0.5) is 11.4 Å². The topological polar surface area (TPSA) is 63.2 Å². The minimum absolute atomic E-state index is 0.172. The molecule has 0 saturated carbocycles. The molecule has 0 aliphatic heterocycles. The van der Waals surface area contributed by atoms with E-state index in [1.165, 1.54) is 11.1 Å². The molecule has 144 valence electrons. The summed E-state index contributed by atoms with van der Waals surface area (Å²) in [6.07, 6.45) is 4.16. The number of aromatic nitrogens is 1. The summed E-state index contributed by atoms with van der Waals surface area (Å²) in [6, 6.07) is 15.7. The van der Waals surface area contributed by atoms with Crippen LogP contribution in [0.2, 0.25) is 0 Å². The van der Waals surface area contributed by atoms with E-state index >= 15 is 0 Å². The van der Waals surface area contributed by atoms with Gasteiger partial charge >= 0.3 is 0 Å². The van der Waals surface area contributed by atoms with Crippen LogP contribution in [0.15, 0.2) is 60.9 Å². The average Bonchev–Trinajstić information content (AvgIpc) is 2.71. The lowest BCUT2D eigenvalue weighted by atomic mass is 10.1. The van der Waals surface area contributed by atoms with Gasteiger partial charge in [-0.15, -0.1) is 0 Å². The van der Waals surface area contributed by atoms with Gasteiger partial charge in [0.05, 0.1) is 18.4 Å².